The van der Waals surface area contributed by atoms with Crippen molar-refractivity contribution in [1.29, 1.82) is 0 Å². The summed E-state index contributed by atoms with van der Waals surface area (Å²) in [6.45, 7) is 0. The highest BCUT2D eigenvalue weighted by atomic mass is 16.1. The van der Waals surface area contributed by atoms with Crippen LogP contribution in [0.25, 0.3) is 0 Å². The Morgan fingerprint density at radius 3 is 2.80 bits per heavy atom. The van der Waals surface area contributed by atoms with Gasteiger partial charge in [0.05, 0.1) is 12.1 Å². The van der Waals surface area contributed by atoms with Crippen molar-refractivity contribution in [2.24, 2.45) is 0 Å². The van der Waals surface area contributed by atoms with Crippen LogP contribution in [-0.4, -0.2) is 26.5 Å². The average molecular weight is 202 g/mol. The monoisotopic (exact) mass is 202 g/mol. The molecule has 1 aromatic heterocycles. The molecular weight excluding hydrogens is 194 g/mol. The van der Waals surface area contributed by atoms with Gasteiger partial charge in [0.1, 0.15) is 0 Å². The second-order valence-electron chi connectivity index (χ2n) is 2.87. The maximum atomic E-state index is 11.4. The number of amides is 1. The Morgan fingerprint density at radius 2 is 2.13 bits per heavy atom. The number of benzene rings is 1. The van der Waals surface area contributed by atoms with Crippen LogP contribution in [0.2, 0.25) is 0 Å². The number of aromatic nitrogens is 4. The standard InChI is InChI=1S/C9H8N5O/c15-9(6-8-11-13-14-12-8)10-7-4-2-1-3-5-7/h1-5H,6H2,(H,11,12,13,14). The largest absolute Gasteiger partial charge is 0.272 e. The molecule has 0 aliphatic rings. The van der Waals surface area contributed by atoms with Crippen molar-refractivity contribution in [2.45, 2.75) is 6.42 Å². The number of rotatable bonds is 3. The molecule has 0 aliphatic heterocycles. The molecule has 6 heteroatoms. The summed E-state index contributed by atoms with van der Waals surface area (Å²) in [7, 11) is 0. The fourth-order valence-electron chi connectivity index (χ4n) is 1.08. The molecule has 1 radical (unpaired) electrons. The van der Waals surface area contributed by atoms with Crippen LogP contribution in [0.5, 0.6) is 0 Å². The summed E-state index contributed by atoms with van der Waals surface area (Å²) < 4.78 is 0. The predicted octanol–water partition coefficient (Wildman–Crippen LogP) is 0.205. The number of H-pyrrole nitrogens is 1. The third-order valence-electron chi connectivity index (χ3n) is 1.72. The third kappa shape index (κ3) is 2.60. The van der Waals surface area contributed by atoms with Gasteiger partial charge in [0.15, 0.2) is 5.82 Å². The van der Waals surface area contributed by atoms with Crippen molar-refractivity contribution in [2.75, 3.05) is 0 Å². The fraction of sp³-hybridized carbons (Fsp3) is 0.111. The minimum absolute atomic E-state index is 0.0852. The molecule has 6 nitrogen and oxygen atoms in total. The van der Waals surface area contributed by atoms with Crippen LogP contribution in [0.1, 0.15) is 5.82 Å². The summed E-state index contributed by atoms with van der Waals surface area (Å²) in [5.74, 6) is 0.138. The first-order valence-corrected chi connectivity index (χ1v) is 4.37. The van der Waals surface area contributed by atoms with E-state index in [9.17, 15) is 4.79 Å². The molecule has 1 N–H and O–H groups in total. The van der Waals surface area contributed by atoms with E-state index in [4.69, 9.17) is 0 Å². The zero-order chi connectivity index (χ0) is 10.5. The SMILES string of the molecule is O=C(Cc1nnn[nH]1)[N]c1ccccc1. The second kappa shape index (κ2) is 4.32. The number of aromatic amines is 1. The Hall–Kier alpha value is -2.24. The Balaban J connectivity index is 1.94. The normalized spacial score (nSPS) is 9.87. The number of para-hydroxylation sites is 1. The Morgan fingerprint density at radius 1 is 1.33 bits per heavy atom. The van der Waals surface area contributed by atoms with Crippen molar-refractivity contribution < 1.29 is 4.79 Å². The number of tetrazole rings is 1. The van der Waals surface area contributed by atoms with Crippen LogP contribution in [0, 0.1) is 0 Å². The molecule has 2 rings (SSSR count). The van der Waals surface area contributed by atoms with Crippen LogP contribution >= 0.6 is 0 Å². The van der Waals surface area contributed by atoms with E-state index in [0.29, 0.717) is 11.5 Å². The number of carbonyl (C=O) groups is 1. The van der Waals surface area contributed by atoms with Crippen molar-refractivity contribution in [3.63, 3.8) is 0 Å². The molecule has 0 spiro atoms. The third-order valence-corrected chi connectivity index (χ3v) is 1.72. The van der Waals surface area contributed by atoms with E-state index in [0.717, 1.165) is 0 Å². The maximum absolute atomic E-state index is 11.4. The number of hydrogen-bond acceptors (Lipinski definition) is 4. The molecule has 0 fully saturated rings. The summed E-state index contributed by atoms with van der Waals surface area (Å²) in [6.07, 6.45) is 0.0852. The number of nitrogens with zero attached hydrogens (tertiary/aromatic N) is 4. The Kier molecular flexibility index (Phi) is 2.68. The molecule has 0 atom stereocenters. The van der Waals surface area contributed by atoms with E-state index in [1.165, 1.54) is 0 Å². The number of carbonyl (C=O) groups excluding carboxylic acids is 1. The van der Waals surface area contributed by atoms with Crippen LogP contribution in [-0.2, 0) is 11.2 Å². The molecule has 0 unspecified atom stereocenters. The van der Waals surface area contributed by atoms with Gasteiger partial charge in [-0.2, -0.15) is 0 Å². The summed E-state index contributed by atoms with van der Waals surface area (Å²) in [5, 5.41) is 16.7. The van der Waals surface area contributed by atoms with Crippen LogP contribution in [0.3, 0.4) is 0 Å². The first-order valence-electron chi connectivity index (χ1n) is 4.37. The molecule has 1 amide bonds. The first kappa shape index (κ1) is 9.32. The second-order valence-corrected chi connectivity index (χ2v) is 2.87. The highest BCUT2D eigenvalue weighted by Crippen LogP contribution is 2.05. The van der Waals surface area contributed by atoms with Crippen molar-refractivity contribution in [1.82, 2.24) is 25.9 Å². The Labute approximate surface area is 85.7 Å². The molecule has 0 saturated heterocycles. The van der Waals surface area contributed by atoms with Crippen molar-refractivity contribution in [3.8, 4) is 0 Å². The van der Waals surface area contributed by atoms with Gasteiger partial charge in [-0.15, -0.1) is 5.10 Å². The molecule has 0 bridgehead atoms. The van der Waals surface area contributed by atoms with E-state index in [1.54, 1.807) is 12.1 Å². The van der Waals surface area contributed by atoms with E-state index < -0.39 is 0 Å². The Bertz CT molecular complexity index is 425. The molecule has 15 heavy (non-hydrogen) atoms. The van der Waals surface area contributed by atoms with Crippen LogP contribution in [0.15, 0.2) is 30.3 Å². The lowest BCUT2D eigenvalue weighted by molar-refractivity contribution is -0.119. The van der Waals surface area contributed by atoms with E-state index >= 15 is 0 Å². The van der Waals surface area contributed by atoms with Gasteiger partial charge in [0, 0.05) is 0 Å². The zero-order valence-corrected chi connectivity index (χ0v) is 7.79. The molecule has 1 heterocycles. The van der Waals surface area contributed by atoms with Crippen molar-refractivity contribution in [3.05, 3.63) is 36.2 Å². The number of nitrogens with one attached hydrogen (secondary N) is 1. The molecule has 0 aliphatic carbocycles. The highest BCUT2D eigenvalue weighted by molar-refractivity contribution is 5.81. The van der Waals surface area contributed by atoms with Crippen molar-refractivity contribution >= 4 is 11.6 Å². The lowest BCUT2D eigenvalue weighted by Crippen LogP contribution is -2.14. The summed E-state index contributed by atoms with van der Waals surface area (Å²) in [4.78, 5) is 11.4. The molecular formula is C9H8N5O. The minimum Gasteiger partial charge on any atom is -0.272 e. The summed E-state index contributed by atoms with van der Waals surface area (Å²) in [6, 6.07) is 9.03. The lowest BCUT2D eigenvalue weighted by Gasteiger charge is -1.98. The molecule has 1 aromatic carbocycles. The fourth-order valence-corrected chi connectivity index (χ4v) is 1.08. The molecule has 2 aromatic rings. The summed E-state index contributed by atoms with van der Waals surface area (Å²) in [5.41, 5.74) is 0.634. The predicted molar refractivity (Wildman–Crippen MR) is 51.1 cm³/mol. The van der Waals surface area contributed by atoms with E-state index in [1.807, 2.05) is 18.2 Å². The van der Waals surface area contributed by atoms with Gasteiger partial charge < -0.3 is 0 Å². The van der Waals surface area contributed by atoms with Gasteiger partial charge in [0.25, 0.3) is 5.91 Å². The number of hydrogen-bond donors (Lipinski definition) is 1. The minimum atomic E-state index is -0.278. The van der Waals surface area contributed by atoms with Crippen LogP contribution < -0.4 is 5.32 Å². The van der Waals surface area contributed by atoms with Gasteiger partial charge in [-0.25, -0.2) is 10.4 Å². The summed E-state index contributed by atoms with van der Waals surface area (Å²) >= 11 is 0. The smallest absolute Gasteiger partial charge is 0.253 e. The van der Waals surface area contributed by atoms with E-state index in [2.05, 4.69) is 25.9 Å². The lowest BCUT2D eigenvalue weighted by atomic mass is 10.3. The first-order chi connectivity index (χ1) is 7.34. The molecule has 0 saturated carbocycles. The highest BCUT2D eigenvalue weighted by Gasteiger charge is 2.08. The average Bonchev–Trinajstić information content (AvgIpc) is 2.71. The maximum Gasteiger partial charge on any atom is 0.253 e. The van der Waals surface area contributed by atoms with E-state index in [-0.39, 0.29) is 12.3 Å². The van der Waals surface area contributed by atoms with Gasteiger partial charge >= 0.3 is 0 Å². The van der Waals surface area contributed by atoms with Gasteiger partial charge in [-0.1, -0.05) is 18.2 Å². The van der Waals surface area contributed by atoms with Gasteiger partial charge in [-0.3, -0.25) is 4.79 Å². The van der Waals surface area contributed by atoms with Crippen LogP contribution in [0.4, 0.5) is 5.69 Å². The van der Waals surface area contributed by atoms with Gasteiger partial charge in [0.2, 0.25) is 0 Å². The zero-order valence-electron chi connectivity index (χ0n) is 7.79. The molecule has 75 valence electrons. The topological polar surface area (TPSA) is 85.6 Å². The quantitative estimate of drug-likeness (QED) is 0.770. The van der Waals surface area contributed by atoms with Gasteiger partial charge in [-0.05, 0) is 22.6 Å².